The van der Waals surface area contributed by atoms with E-state index in [0.29, 0.717) is 54.1 Å². The summed E-state index contributed by atoms with van der Waals surface area (Å²) in [5.41, 5.74) is 1.72. The van der Waals surface area contributed by atoms with Crippen LogP contribution in [0.1, 0.15) is 62.3 Å². The molecule has 0 aromatic heterocycles. The average Bonchev–Trinajstić information content (AvgIpc) is 2.95. The summed E-state index contributed by atoms with van der Waals surface area (Å²) in [5, 5.41) is 2.85. The van der Waals surface area contributed by atoms with E-state index in [4.69, 9.17) is 4.74 Å². The van der Waals surface area contributed by atoms with E-state index < -0.39 is 0 Å². The second-order valence-electron chi connectivity index (χ2n) is 8.22. The number of carbonyl (C=O) groups excluding carboxylic acids is 4. The smallest absolute Gasteiger partial charge is 0.261 e. The molecule has 2 aliphatic heterocycles. The van der Waals surface area contributed by atoms with Gasteiger partial charge < -0.3 is 15.0 Å². The first-order valence-corrected chi connectivity index (χ1v) is 11.2. The zero-order valence-corrected chi connectivity index (χ0v) is 18.6. The zero-order valence-electron chi connectivity index (χ0n) is 18.6. The van der Waals surface area contributed by atoms with Crippen LogP contribution in [0.15, 0.2) is 42.5 Å². The molecule has 0 unspecified atom stereocenters. The third-order valence-corrected chi connectivity index (χ3v) is 6.07. The summed E-state index contributed by atoms with van der Waals surface area (Å²) in [6.45, 7) is 1.56. The molecule has 0 bridgehead atoms. The van der Waals surface area contributed by atoms with Crippen LogP contribution in [0.5, 0.6) is 5.75 Å². The first kappa shape index (κ1) is 22.5. The number of amides is 4. The van der Waals surface area contributed by atoms with Gasteiger partial charge in [0.2, 0.25) is 5.91 Å². The summed E-state index contributed by atoms with van der Waals surface area (Å²) in [7, 11) is 1.48. The van der Waals surface area contributed by atoms with E-state index in [-0.39, 0.29) is 30.2 Å². The van der Waals surface area contributed by atoms with E-state index in [2.05, 4.69) is 5.32 Å². The highest BCUT2D eigenvalue weighted by Crippen LogP contribution is 2.26. The van der Waals surface area contributed by atoms with Gasteiger partial charge in [-0.1, -0.05) is 24.6 Å². The summed E-state index contributed by atoms with van der Waals surface area (Å²) in [4.78, 5) is 53.3. The van der Waals surface area contributed by atoms with Crippen LogP contribution in [-0.4, -0.2) is 60.2 Å². The van der Waals surface area contributed by atoms with Gasteiger partial charge in [0.15, 0.2) is 0 Å². The second kappa shape index (κ2) is 9.85. The van der Waals surface area contributed by atoms with Gasteiger partial charge in [0, 0.05) is 26.1 Å². The quantitative estimate of drug-likeness (QED) is 0.656. The normalized spacial score (nSPS) is 16.0. The van der Waals surface area contributed by atoms with Gasteiger partial charge in [-0.25, -0.2) is 0 Å². The molecule has 8 nitrogen and oxygen atoms in total. The van der Waals surface area contributed by atoms with E-state index in [1.165, 1.54) is 12.0 Å². The van der Waals surface area contributed by atoms with Gasteiger partial charge in [-0.05, 0) is 42.7 Å². The number of nitrogens with one attached hydrogen (secondary N) is 1. The molecule has 1 N–H and O–H groups in total. The van der Waals surface area contributed by atoms with Crippen LogP contribution in [0.4, 0.5) is 0 Å². The molecule has 0 spiro atoms. The first-order chi connectivity index (χ1) is 16.0. The van der Waals surface area contributed by atoms with Crippen LogP contribution in [0.3, 0.4) is 0 Å². The summed E-state index contributed by atoms with van der Waals surface area (Å²) >= 11 is 0. The minimum absolute atomic E-state index is 0.0545. The van der Waals surface area contributed by atoms with Crippen molar-refractivity contribution in [3.05, 3.63) is 64.7 Å². The molecule has 4 amide bonds. The Balaban J connectivity index is 1.43. The Kier molecular flexibility index (Phi) is 6.72. The number of hydrogen-bond donors (Lipinski definition) is 1. The van der Waals surface area contributed by atoms with E-state index in [1.807, 2.05) is 0 Å². The van der Waals surface area contributed by atoms with Crippen molar-refractivity contribution in [1.29, 1.82) is 0 Å². The SMILES string of the molecule is COc1ccc(CN2C(=O)c3ccccc3C2=O)cc1C(=O)NCCN1CCCCCC1=O. The van der Waals surface area contributed by atoms with Crippen LogP contribution in [0.25, 0.3) is 0 Å². The Bertz CT molecular complexity index is 1060. The standard InChI is InChI=1S/C25H27N3O5/c1-33-21-11-10-17(16-28-24(31)18-7-4-5-8-19(18)25(28)32)15-20(21)23(30)26-12-14-27-13-6-2-3-9-22(27)29/h4-5,7-8,10-11,15H,2-3,6,9,12-14,16H2,1H3,(H,26,30). The zero-order chi connectivity index (χ0) is 23.4. The highest BCUT2D eigenvalue weighted by molar-refractivity contribution is 6.21. The molecule has 1 fully saturated rings. The Morgan fingerprint density at radius 1 is 1.00 bits per heavy atom. The first-order valence-electron chi connectivity index (χ1n) is 11.2. The second-order valence-corrected chi connectivity index (χ2v) is 8.22. The molecule has 2 aromatic rings. The van der Waals surface area contributed by atoms with E-state index in [9.17, 15) is 19.2 Å². The minimum Gasteiger partial charge on any atom is -0.496 e. The van der Waals surface area contributed by atoms with Crippen molar-refractivity contribution in [3.8, 4) is 5.75 Å². The predicted octanol–water partition coefficient (Wildman–Crippen LogP) is 2.62. The van der Waals surface area contributed by atoms with Crippen molar-refractivity contribution in [1.82, 2.24) is 15.1 Å². The van der Waals surface area contributed by atoms with Crippen molar-refractivity contribution < 1.29 is 23.9 Å². The Morgan fingerprint density at radius 2 is 1.73 bits per heavy atom. The molecule has 33 heavy (non-hydrogen) atoms. The molecular formula is C25H27N3O5. The molecule has 1 saturated heterocycles. The summed E-state index contributed by atoms with van der Waals surface area (Å²) in [6, 6.07) is 11.7. The number of fused-ring (bicyclic) bond motifs is 1. The van der Waals surface area contributed by atoms with Gasteiger partial charge in [0.25, 0.3) is 17.7 Å². The highest BCUT2D eigenvalue weighted by atomic mass is 16.5. The topological polar surface area (TPSA) is 96.0 Å². The number of hydrogen-bond acceptors (Lipinski definition) is 5. The Morgan fingerprint density at radius 3 is 2.42 bits per heavy atom. The van der Waals surface area contributed by atoms with Crippen LogP contribution in [0.2, 0.25) is 0 Å². The van der Waals surface area contributed by atoms with Crippen molar-refractivity contribution >= 4 is 23.6 Å². The van der Waals surface area contributed by atoms with E-state index in [0.717, 1.165) is 19.3 Å². The monoisotopic (exact) mass is 449 g/mol. The number of benzene rings is 2. The number of ether oxygens (including phenoxy) is 1. The number of carbonyl (C=O) groups is 4. The molecule has 0 aliphatic carbocycles. The Labute approximate surface area is 192 Å². The lowest BCUT2D eigenvalue weighted by Gasteiger charge is -2.21. The van der Waals surface area contributed by atoms with E-state index in [1.54, 1.807) is 47.4 Å². The Hall–Kier alpha value is -3.68. The van der Waals surface area contributed by atoms with Crippen molar-refractivity contribution in [2.24, 2.45) is 0 Å². The van der Waals surface area contributed by atoms with E-state index >= 15 is 0 Å². The molecule has 0 saturated carbocycles. The highest BCUT2D eigenvalue weighted by Gasteiger charge is 2.35. The van der Waals surface area contributed by atoms with Gasteiger partial charge in [-0.3, -0.25) is 24.1 Å². The number of imide groups is 1. The number of methoxy groups -OCH3 is 1. The van der Waals surface area contributed by atoms with Crippen LogP contribution < -0.4 is 10.1 Å². The third kappa shape index (κ3) is 4.74. The van der Waals surface area contributed by atoms with Gasteiger partial charge in [-0.2, -0.15) is 0 Å². The largest absolute Gasteiger partial charge is 0.496 e. The lowest BCUT2D eigenvalue weighted by atomic mass is 10.1. The third-order valence-electron chi connectivity index (χ3n) is 6.07. The summed E-state index contributed by atoms with van der Waals surface area (Å²) in [5.74, 6) is -0.510. The van der Waals surface area contributed by atoms with Gasteiger partial charge in [-0.15, -0.1) is 0 Å². The summed E-state index contributed by atoms with van der Waals surface area (Å²) in [6.07, 6.45) is 3.50. The summed E-state index contributed by atoms with van der Waals surface area (Å²) < 4.78 is 5.34. The average molecular weight is 450 g/mol. The number of nitrogens with zero attached hydrogens (tertiary/aromatic N) is 2. The fourth-order valence-corrected chi connectivity index (χ4v) is 4.27. The predicted molar refractivity (Wildman–Crippen MR) is 121 cm³/mol. The molecule has 0 atom stereocenters. The lowest BCUT2D eigenvalue weighted by molar-refractivity contribution is -0.130. The maximum Gasteiger partial charge on any atom is 0.261 e. The van der Waals surface area contributed by atoms with Gasteiger partial charge in [0.05, 0.1) is 30.3 Å². The van der Waals surface area contributed by atoms with Crippen molar-refractivity contribution in [2.75, 3.05) is 26.7 Å². The van der Waals surface area contributed by atoms with Crippen LogP contribution in [-0.2, 0) is 11.3 Å². The lowest BCUT2D eigenvalue weighted by Crippen LogP contribution is -2.38. The molecule has 4 rings (SSSR count). The van der Waals surface area contributed by atoms with Crippen LogP contribution in [0, 0.1) is 0 Å². The molecule has 2 aromatic carbocycles. The number of rotatable bonds is 7. The maximum atomic E-state index is 12.9. The van der Waals surface area contributed by atoms with Gasteiger partial charge in [0.1, 0.15) is 5.75 Å². The fourth-order valence-electron chi connectivity index (χ4n) is 4.27. The molecular weight excluding hydrogens is 422 g/mol. The molecule has 8 heteroatoms. The molecule has 2 heterocycles. The molecule has 2 aliphatic rings. The molecule has 172 valence electrons. The minimum atomic E-state index is -0.348. The number of likely N-dealkylation sites (tertiary alicyclic amines) is 1. The van der Waals surface area contributed by atoms with Crippen molar-refractivity contribution in [3.63, 3.8) is 0 Å². The maximum absolute atomic E-state index is 12.9. The van der Waals surface area contributed by atoms with Crippen LogP contribution >= 0.6 is 0 Å². The van der Waals surface area contributed by atoms with Gasteiger partial charge >= 0.3 is 0 Å². The fraction of sp³-hybridized carbons (Fsp3) is 0.360. The molecule has 0 radical (unpaired) electrons. The van der Waals surface area contributed by atoms with Crippen molar-refractivity contribution in [2.45, 2.75) is 32.2 Å².